The second-order valence-corrected chi connectivity index (χ2v) is 6.36. The highest BCUT2D eigenvalue weighted by Crippen LogP contribution is 2.32. The van der Waals surface area contributed by atoms with Gasteiger partial charge in [-0.15, -0.1) is 0 Å². The minimum Gasteiger partial charge on any atom is -0.457 e. The second-order valence-electron chi connectivity index (χ2n) is 6.36. The first kappa shape index (κ1) is 20.9. The summed E-state index contributed by atoms with van der Waals surface area (Å²) >= 11 is 0. The Bertz CT molecular complexity index is 1080. The Balaban J connectivity index is 1.64. The van der Waals surface area contributed by atoms with Crippen molar-refractivity contribution in [2.75, 3.05) is 6.54 Å². The fraction of sp³-hybridized carbons (Fsp3) is 0.190. The van der Waals surface area contributed by atoms with Gasteiger partial charge in [-0.3, -0.25) is 4.79 Å². The smallest absolute Gasteiger partial charge is 0.416 e. The molecule has 30 heavy (non-hydrogen) atoms. The van der Waals surface area contributed by atoms with Crippen molar-refractivity contribution in [3.8, 4) is 17.4 Å². The largest absolute Gasteiger partial charge is 0.457 e. The standard InChI is InChI=1S/C21H17F3N4O2/c22-21(23,24)17-4-1-3-15(11-17)19-6-5-18(30-19)12-16(13-25)20(29)27-7-2-9-28-10-8-26-14-28/h1,3-6,8,10-12,14H,2,7,9H2,(H,27,29)/b16-12-. The SMILES string of the molecule is N#C/C(=C/c1ccc(-c2cccc(C(F)(F)F)c2)o1)C(=O)NCCCn1ccnc1. The molecule has 0 aliphatic rings. The van der Waals surface area contributed by atoms with E-state index in [2.05, 4.69) is 10.3 Å². The number of halogens is 3. The van der Waals surface area contributed by atoms with Crippen LogP contribution in [0.15, 0.2) is 65.1 Å². The number of furan rings is 1. The summed E-state index contributed by atoms with van der Waals surface area (Å²) in [6, 6.07) is 9.50. The molecule has 1 N–H and O–H groups in total. The van der Waals surface area contributed by atoms with Crippen LogP contribution in [-0.4, -0.2) is 22.0 Å². The molecule has 0 aliphatic carbocycles. The highest BCUT2D eigenvalue weighted by molar-refractivity contribution is 6.01. The van der Waals surface area contributed by atoms with Crippen molar-refractivity contribution in [2.24, 2.45) is 0 Å². The van der Waals surface area contributed by atoms with Crippen molar-refractivity contribution in [1.29, 1.82) is 5.26 Å². The van der Waals surface area contributed by atoms with Gasteiger partial charge in [0.1, 0.15) is 23.2 Å². The van der Waals surface area contributed by atoms with E-state index in [0.29, 0.717) is 19.5 Å². The number of aromatic nitrogens is 2. The first-order valence-electron chi connectivity index (χ1n) is 9.00. The van der Waals surface area contributed by atoms with Crippen molar-refractivity contribution >= 4 is 12.0 Å². The van der Waals surface area contributed by atoms with Gasteiger partial charge in [0.05, 0.1) is 11.9 Å². The number of nitriles is 1. The van der Waals surface area contributed by atoms with Crippen molar-refractivity contribution in [2.45, 2.75) is 19.1 Å². The van der Waals surface area contributed by atoms with Crippen molar-refractivity contribution in [3.63, 3.8) is 0 Å². The molecule has 1 amide bonds. The van der Waals surface area contributed by atoms with Crippen LogP contribution in [0.1, 0.15) is 17.7 Å². The van der Waals surface area contributed by atoms with E-state index in [9.17, 15) is 23.2 Å². The van der Waals surface area contributed by atoms with Crippen LogP contribution in [0.2, 0.25) is 0 Å². The Morgan fingerprint density at radius 3 is 2.83 bits per heavy atom. The molecule has 0 fully saturated rings. The van der Waals surface area contributed by atoms with Gasteiger partial charge in [0.25, 0.3) is 5.91 Å². The minimum atomic E-state index is -4.46. The lowest BCUT2D eigenvalue weighted by molar-refractivity contribution is -0.137. The maximum atomic E-state index is 12.9. The lowest BCUT2D eigenvalue weighted by atomic mass is 10.1. The number of nitrogens with one attached hydrogen (secondary N) is 1. The molecular weight excluding hydrogens is 397 g/mol. The summed E-state index contributed by atoms with van der Waals surface area (Å²) in [6.45, 7) is 1.04. The van der Waals surface area contributed by atoms with E-state index in [0.717, 1.165) is 12.1 Å². The topological polar surface area (TPSA) is 83.9 Å². The molecule has 9 heteroatoms. The van der Waals surface area contributed by atoms with Crippen LogP contribution in [-0.2, 0) is 17.5 Å². The van der Waals surface area contributed by atoms with Gasteiger partial charge in [-0.1, -0.05) is 12.1 Å². The Labute approximate surface area is 170 Å². The fourth-order valence-electron chi connectivity index (χ4n) is 2.70. The summed E-state index contributed by atoms with van der Waals surface area (Å²) in [7, 11) is 0. The lowest BCUT2D eigenvalue weighted by Crippen LogP contribution is -2.26. The highest BCUT2D eigenvalue weighted by Gasteiger charge is 2.30. The number of aryl methyl sites for hydroxylation is 1. The number of alkyl halides is 3. The number of carbonyl (C=O) groups excluding carboxylic acids is 1. The van der Waals surface area contributed by atoms with Gasteiger partial charge in [-0.25, -0.2) is 4.98 Å². The number of amides is 1. The Morgan fingerprint density at radius 2 is 2.13 bits per heavy atom. The van der Waals surface area contributed by atoms with E-state index in [1.807, 2.05) is 10.6 Å². The second kappa shape index (κ2) is 9.13. The zero-order valence-corrected chi connectivity index (χ0v) is 15.7. The zero-order chi connectivity index (χ0) is 21.6. The maximum Gasteiger partial charge on any atom is 0.416 e. The molecule has 0 atom stereocenters. The predicted octanol–water partition coefficient (Wildman–Crippen LogP) is 4.28. The summed E-state index contributed by atoms with van der Waals surface area (Å²) in [5.41, 5.74) is -0.712. The van der Waals surface area contributed by atoms with Crippen LogP contribution in [0, 0.1) is 11.3 Å². The molecule has 6 nitrogen and oxygen atoms in total. The molecule has 0 saturated heterocycles. The molecule has 0 aliphatic heterocycles. The first-order chi connectivity index (χ1) is 14.4. The molecular formula is C21H17F3N4O2. The van der Waals surface area contributed by atoms with Crippen molar-refractivity contribution in [1.82, 2.24) is 14.9 Å². The number of hydrogen-bond donors (Lipinski definition) is 1. The van der Waals surface area contributed by atoms with E-state index >= 15 is 0 Å². The average molecular weight is 414 g/mol. The third-order valence-corrected chi connectivity index (χ3v) is 4.19. The lowest BCUT2D eigenvalue weighted by Gasteiger charge is -2.07. The number of hydrogen-bond acceptors (Lipinski definition) is 4. The predicted molar refractivity (Wildman–Crippen MR) is 103 cm³/mol. The van der Waals surface area contributed by atoms with E-state index in [1.54, 1.807) is 18.7 Å². The van der Waals surface area contributed by atoms with E-state index in [4.69, 9.17) is 4.42 Å². The molecule has 154 valence electrons. The monoisotopic (exact) mass is 414 g/mol. The number of nitrogens with zero attached hydrogens (tertiary/aromatic N) is 3. The minimum absolute atomic E-state index is 0.164. The Hall–Kier alpha value is -3.80. The van der Waals surface area contributed by atoms with Gasteiger partial charge in [-0.05, 0) is 30.7 Å². The maximum absolute atomic E-state index is 12.9. The molecule has 0 saturated carbocycles. The average Bonchev–Trinajstić information content (AvgIpc) is 3.41. The summed E-state index contributed by atoms with van der Waals surface area (Å²) < 4.78 is 46.0. The van der Waals surface area contributed by atoms with Crippen LogP contribution in [0.5, 0.6) is 0 Å². The molecule has 0 unspecified atom stereocenters. The fourth-order valence-corrected chi connectivity index (χ4v) is 2.70. The first-order valence-corrected chi connectivity index (χ1v) is 9.00. The van der Waals surface area contributed by atoms with Gasteiger partial charge >= 0.3 is 6.18 Å². The van der Waals surface area contributed by atoms with Crippen molar-refractivity contribution < 1.29 is 22.4 Å². The zero-order valence-electron chi connectivity index (χ0n) is 15.7. The number of benzene rings is 1. The molecule has 3 rings (SSSR count). The summed E-state index contributed by atoms with van der Waals surface area (Å²) in [6.07, 6.45) is 2.58. The van der Waals surface area contributed by atoms with Crippen LogP contribution < -0.4 is 5.32 Å². The molecule has 1 aromatic carbocycles. The normalized spacial score (nSPS) is 11.9. The van der Waals surface area contributed by atoms with E-state index in [-0.39, 0.29) is 22.7 Å². The molecule has 2 aromatic heterocycles. The molecule has 0 radical (unpaired) electrons. The summed E-state index contributed by atoms with van der Waals surface area (Å²) in [4.78, 5) is 16.1. The number of carbonyl (C=O) groups is 1. The number of rotatable bonds is 7. The van der Waals surface area contributed by atoms with Crippen LogP contribution in [0.25, 0.3) is 17.4 Å². The third-order valence-electron chi connectivity index (χ3n) is 4.19. The van der Waals surface area contributed by atoms with E-state index < -0.39 is 17.6 Å². The third kappa shape index (κ3) is 5.38. The summed E-state index contributed by atoms with van der Waals surface area (Å²) in [5, 5.41) is 11.9. The molecule has 2 heterocycles. The van der Waals surface area contributed by atoms with Gasteiger partial charge in [-0.2, -0.15) is 18.4 Å². The molecule has 0 bridgehead atoms. The van der Waals surface area contributed by atoms with Crippen LogP contribution in [0.4, 0.5) is 13.2 Å². The van der Waals surface area contributed by atoms with Crippen molar-refractivity contribution in [3.05, 3.63) is 72.0 Å². The van der Waals surface area contributed by atoms with E-state index in [1.165, 1.54) is 30.3 Å². The highest BCUT2D eigenvalue weighted by atomic mass is 19.4. The Kier molecular flexibility index (Phi) is 6.37. The van der Waals surface area contributed by atoms with Crippen LogP contribution >= 0.6 is 0 Å². The number of imidazole rings is 1. The van der Waals surface area contributed by atoms with Gasteiger partial charge < -0.3 is 14.3 Å². The Morgan fingerprint density at radius 1 is 1.30 bits per heavy atom. The van der Waals surface area contributed by atoms with Gasteiger partial charge in [0, 0.05) is 37.1 Å². The van der Waals surface area contributed by atoms with Crippen LogP contribution in [0.3, 0.4) is 0 Å². The summed E-state index contributed by atoms with van der Waals surface area (Å²) in [5.74, 6) is -0.168. The quantitative estimate of drug-likeness (QED) is 0.355. The van der Waals surface area contributed by atoms with Gasteiger partial charge in [0.15, 0.2) is 0 Å². The molecule has 3 aromatic rings. The van der Waals surface area contributed by atoms with Gasteiger partial charge in [0.2, 0.25) is 0 Å². The molecule has 0 spiro atoms.